The second-order valence-electron chi connectivity index (χ2n) is 8.02. The molecule has 4 heterocycles. The van der Waals surface area contributed by atoms with E-state index in [0.717, 1.165) is 52.1 Å². The maximum Gasteiger partial charge on any atom is 0.0850 e. The Labute approximate surface area is 143 Å². The van der Waals surface area contributed by atoms with Crippen LogP contribution in [-0.4, -0.2) is 50.8 Å². The molecule has 4 fully saturated rings. The second kappa shape index (κ2) is 5.80. The average molecular weight is 330 g/mol. The Hall–Kier alpha value is -0.940. The minimum absolute atomic E-state index is 0.111. The molecule has 4 saturated heterocycles. The van der Waals surface area contributed by atoms with E-state index in [1.807, 2.05) is 0 Å². The van der Waals surface area contributed by atoms with Crippen molar-refractivity contribution in [1.29, 1.82) is 0 Å². The van der Waals surface area contributed by atoms with Gasteiger partial charge in [-0.2, -0.15) is 0 Å². The highest BCUT2D eigenvalue weighted by atomic mass is 16.6. The Balaban J connectivity index is 1.54. The molecule has 4 nitrogen and oxygen atoms in total. The lowest BCUT2D eigenvalue weighted by molar-refractivity contribution is 0.231. The first-order valence-electron chi connectivity index (χ1n) is 9.27. The van der Waals surface area contributed by atoms with Crippen LogP contribution in [0.2, 0.25) is 0 Å². The minimum Gasteiger partial charge on any atom is -0.373 e. The van der Waals surface area contributed by atoms with Gasteiger partial charge in [0, 0.05) is 11.8 Å². The fourth-order valence-corrected chi connectivity index (χ4v) is 4.33. The van der Waals surface area contributed by atoms with Gasteiger partial charge in [0.05, 0.1) is 50.8 Å². The first kappa shape index (κ1) is 15.3. The molecule has 130 valence electrons. The fraction of sp³-hybridized carbons (Fsp3) is 0.700. The summed E-state index contributed by atoms with van der Waals surface area (Å²) in [7, 11) is 0. The van der Waals surface area contributed by atoms with E-state index >= 15 is 0 Å². The summed E-state index contributed by atoms with van der Waals surface area (Å²) in [6.07, 6.45) is 5.95. The number of hydrogen-bond acceptors (Lipinski definition) is 4. The molecule has 24 heavy (non-hydrogen) atoms. The number of benzene rings is 1. The van der Waals surface area contributed by atoms with Gasteiger partial charge in [-0.3, -0.25) is 0 Å². The van der Waals surface area contributed by atoms with E-state index in [1.54, 1.807) is 0 Å². The van der Waals surface area contributed by atoms with Gasteiger partial charge in [-0.25, -0.2) is 0 Å². The summed E-state index contributed by atoms with van der Waals surface area (Å²) in [5, 5.41) is 0. The molecule has 0 saturated carbocycles. The Morgan fingerprint density at radius 3 is 1.79 bits per heavy atom. The number of hydrogen-bond donors (Lipinski definition) is 0. The Morgan fingerprint density at radius 1 is 0.833 bits per heavy atom. The molecule has 4 unspecified atom stereocenters. The van der Waals surface area contributed by atoms with E-state index in [-0.39, 0.29) is 5.41 Å². The normalized spacial score (nSPS) is 35.4. The molecule has 1 aromatic rings. The molecule has 0 bridgehead atoms. The molecule has 0 radical (unpaired) electrons. The van der Waals surface area contributed by atoms with Crippen LogP contribution < -0.4 is 0 Å². The summed E-state index contributed by atoms with van der Waals surface area (Å²) >= 11 is 0. The molecule has 5 rings (SSSR count). The molecular weight excluding hydrogens is 304 g/mol. The van der Waals surface area contributed by atoms with Crippen LogP contribution in [0.25, 0.3) is 0 Å². The van der Waals surface area contributed by atoms with Crippen molar-refractivity contribution >= 4 is 0 Å². The zero-order chi connectivity index (χ0) is 16.1. The maximum atomic E-state index is 5.65. The van der Waals surface area contributed by atoms with Gasteiger partial charge in [0.2, 0.25) is 0 Å². The standard InChI is InChI=1S/C20H26O4/c1-13-3-2-4-19(18(13)5-14-9-21-14)20(6-15-10-22-15,7-16-11-23-16)8-17-12-24-17/h2-4,14-17H,5-12H2,1H3. The molecule has 4 heteroatoms. The van der Waals surface area contributed by atoms with E-state index in [0.29, 0.717) is 24.4 Å². The molecule has 0 N–H and O–H groups in total. The van der Waals surface area contributed by atoms with E-state index in [4.69, 9.17) is 18.9 Å². The SMILES string of the molecule is Cc1cccc(C(CC2CO2)(CC2CO2)CC2CO2)c1CC1CO1. The number of aryl methyl sites for hydroxylation is 1. The third-order valence-electron chi connectivity index (χ3n) is 5.88. The molecule has 0 spiro atoms. The molecule has 1 aromatic carbocycles. The second-order valence-corrected chi connectivity index (χ2v) is 8.02. The zero-order valence-electron chi connectivity index (χ0n) is 14.3. The molecule has 0 amide bonds. The van der Waals surface area contributed by atoms with Crippen LogP contribution >= 0.6 is 0 Å². The molecule has 0 aliphatic carbocycles. The summed E-state index contributed by atoms with van der Waals surface area (Å²) in [6.45, 7) is 5.87. The monoisotopic (exact) mass is 330 g/mol. The van der Waals surface area contributed by atoms with Gasteiger partial charge >= 0.3 is 0 Å². The highest BCUT2D eigenvalue weighted by Gasteiger charge is 2.48. The van der Waals surface area contributed by atoms with Crippen LogP contribution in [0.15, 0.2) is 18.2 Å². The summed E-state index contributed by atoms with van der Waals surface area (Å²) in [5.74, 6) is 0. The van der Waals surface area contributed by atoms with E-state index < -0.39 is 0 Å². The van der Waals surface area contributed by atoms with Gasteiger partial charge in [-0.05, 0) is 42.9 Å². The van der Waals surface area contributed by atoms with Gasteiger partial charge in [0.25, 0.3) is 0 Å². The maximum absolute atomic E-state index is 5.65. The van der Waals surface area contributed by atoms with Gasteiger partial charge in [0.1, 0.15) is 0 Å². The largest absolute Gasteiger partial charge is 0.373 e. The van der Waals surface area contributed by atoms with Crippen molar-refractivity contribution in [2.75, 3.05) is 26.4 Å². The quantitative estimate of drug-likeness (QED) is 0.653. The molecule has 0 aromatic heterocycles. The van der Waals surface area contributed by atoms with Crippen LogP contribution in [0.5, 0.6) is 0 Å². The van der Waals surface area contributed by atoms with Crippen molar-refractivity contribution in [3.63, 3.8) is 0 Å². The average Bonchev–Trinajstić information content (AvgIpc) is 3.41. The molecule has 4 atom stereocenters. The van der Waals surface area contributed by atoms with E-state index in [2.05, 4.69) is 25.1 Å². The first-order valence-corrected chi connectivity index (χ1v) is 9.27. The van der Waals surface area contributed by atoms with Gasteiger partial charge < -0.3 is 18.9 Å². The van der Waals surface area contributed by atoms with Gasteiger partial charge in [-0.15, -0.1) is 0 Å². The Morgan fingerprint density at radius 2 is 1.33 bits per heavy atom. The van der Waals surface area contributed by atoms with E-state index in [9.17, 15) is 0 Å². The lowest BCUT2D eigenvalue weighted by Crippen LogP contribution is -2.34. The van der Waals surface area contributed by atoms with Crippen LogP contribution in [0.3, 0.4) is 0 Å². The van der Waals surface area contributed by atoms with Crippen LogP contribution in [-0.2, 0) is 30.8 Å². The number of ether oxygens (including phenoxy) is 4. The summed E-state index contributed by atoms with van der Waals surface area (Å²) in [4.78, 5) is 0. The predicted octanol–water partition coefficient (Wildman–Crippen LogP) is 2.54. The smallest absolute Gasteiger partial charge is 0.0850 e. The predicted molar refractivity (Wildman–Crippen MR) is 89.4 cm³/mol. The Bertz CT molecular complexity index is 576. The van der Waals surface area contributed by atoms with Crippen LogP contribution in [0, 0.1) is 6.92 Å². The zero-order valence-corrected chi connectivity index (χ0v) is 14.3. The summed E-state index contributed by atoms with van der Waals surface area (Å²) in [5.41, 5.74) is 4.48. The third kappa shape index (κ3) is 3.38. The lowest BCUT2D eigenvalue weighted by Gasteiger charge is -2.36. The summed E-state index contributed by atoms with van der Waals surface area (Å²) in [6, 6.07) is 6.80. The van der Waals surface area contributed by atoms with Crippen molar-refractivity contribution in [3.05, 3.63) is 34.9 Å². The van der Waals surface area contributed by atoms with Crippen molar-refractivity contribution in [2.24, 2.45) is 0 Å². The molecular formula is C20H26O4. The highest BCUT2D eigenvalue weighted by Crippen LogP contribution is 2.47. The highest BCUT2D eigenvalue weighted by molar-refractivity contribution is 5.41. The minimum atomic E-state index is 0.111. The number of rotatable bonds is 9. The van der Waals surface area contributed by atoms with Gasteiger partial charge in [-0.1, -0.05) is 18.2 Å². The van der Waals surface area contributed by atoms with Crippen molar-refractivity contribution < 1.29 is 18.9 Å². The van der Waals surface area contributed by atoms with Gasteiger partial charge in [0.15, 0.2) is 0 Å². The fourth-order valence-electron chi connectivity index (χ4n) is 4.33. The molecule has 4 aliphatic rings. The lowest BCUT2D eigenvalue weighted by atomic mass is 9.67. The van der Waals surface area contributed by atoms with Crippen molar-refractivity contribution in [2.45, 2.75) is 62.4 Å². The first-order chi connectivity index (χ1) is 11.7. The van der Waals surface area contributed by atoms with Crippen molar-refractivity contribution in [3.8, 4) is 0 Å². The van der Waals surface area contributed by atoms with Crippen LogP contribution in [0.1, 0.15) is 36.0 Å². The molecule has 4 aliphatic heterocycles. The Kier molecular flexibility index (Phi) is 3.71. The topological polar surface area (TPSA) is 50.1 Å². The third-order valence-corrected chi connectivity index (χ3v) is 5.88. The number of epoxide rings is 4. The van der Waals surface area contributed by atoms with Crippen LogP contribution in [0.4, 0.5) is 0 Å². The van der Waals surface area contributed by atoms with E-state index in [1.165, 1.54) is 16.7 Å². The summed E-state index contributed by atoms with van der Waals surface area (Å²) < 4.78 is 22.5. The van der Waals surface area contributed by atoms with Crippen molar-refractivity contribution in [1.82, 2.24) is 0 Å².